The topological polar surface area (TPSA) is 52.6 Å². The molecule has 0 bridgehead atoms. The third kappa shape index (κ3) is 4.24. The zero-order valence-electron chi connectivity index (χ0n) is 8.71. The highest BCUT2D eigenvalue weighted by atomic mass is 16.3. The molecule has 2 N–H and O–H groups in total. The van der Waals surface area contributed by atoms with Gasteiger partial charge < -0.3 is 10.4 Å². The van der Waals surface area contributed by atoms with Crippen LogP contribution in [0.4, 0.5) is 0 Å². The molecule has 0 radical (unpaired) electrons. The molecule has 0 heterocycles. The van der Waals surface area contributed by atoms with Gasteiger partial charge in [0.05, 0.1) is 12.6 Å². The van der Waals surface area contributed by atoms with Crippen LogP contribution in [-0.2, 0) is 4.79 Å². The van der Waals surface area contributed by atoms with E-state index in [1.807, 2.05) is 25.7 Å². The van der Waals surface area contributed by atoms with Crippen LogP contribution in [0.3, 0.4) is 0 Å². The van der Waals surface area contributed by atoms with Gasteiger partial charge in [-0.15, -0.1) is 0 Å². The first-order chi connectivity index (χ1) is 6.17. The second-order valence-electron chi connectivity index (χ2n) is 2.92. The van der Waals surface area contributed by atoms with E-state index in [1.54, 1.807) is 0 Å². The molecule has 0 rings (SSSR count). The highest BCUT2D eigenvalue weighted by Crippen LogP contribution is 1.97. The predicted octanol–water partition coefficient (Wildman–Crippen LogP) is -0.175. The minimum absolute atomic E-state index is 0.0257. The molecule has 1 atom stereocenters. The Morgan fingerprint density at radius 1 is 1.54 bits per heavy atom. The Kier molecular flexibility index (Phi) is 6.54. The molecule has 4 heteroatoms. The summed E-state index contributed by atoms with van der Waals surface area (Å²) in [5, 5.41) is 11.5. The molecular formula is C9H20N2O2. The fourth-order valence-corrected chi connectivity index (χ4v) is 1.24. The second-order valence-corrected chi connectivity index (χ2v) is 2.92. The van der Waals surface area contributed by atoms with Gasteiger partial charge in [-0.05, 0) is 20.4 Å². The molecular weight excluding hydrogens is 168 g/mol. The van der Waals surface area contributed by atoms with Gasteiger partial charge in [-0.1, -0.05) is 6.92 Å². The quantitative estimate of drug-likeness (QED) is 0.608. The van der Waals surface area contributed by atoms with Crippen molar-refractivity contribution in [3.8, 4) is 0 Å². The van der Waals surface area contributed by atoms with Crippen LogP contribution in [0.2, 0.25) is 0 Å². The molecule has 0 fully saturated rings. The van der Waals surface area contributed by atoms with Crippen molar-refractivity contribution in [2.45, 2.75) is 26.8 Å². The molecule has 78 valence electrons. The maximum absolute atomic E-state index is 11.4. The molecule has 0 spiro atoms. The lowest BCUT2D eigenvalue weighted by atomic mass is 10.2. The monoisotopic (exact) mass is 188 g/mol. The van der Waals surface area contributed by atoms with Crippen LogP contribution in [0.5, 0.6) is 0 Å². The van der Waals surface area contributed by atoms with Gasteiger partial charge in [-0.25, -0.2) is 0 Å². The number of carbonyl (C=O) groups is 1. The van der Waals surface area contributed by atoms with Gasteiger partial charge in [-0.3, -0.25) is 9.69 Å². The van der Waals surface area contributed by atoms with Crippen LogP contribution in [0.15, 0.2) is 0 Å². The number of nitrogens with one attached hydrogen (secondary N) is 1. The molecule has 0 aliphatic heterocycles. The summed E-state index contributed by atoms with van der Waals surface area (Å²) < 4.78 is 0. The first kappa shape index (κ1) is 12.4. The number of aliphatic hydroxyl groups is 1. The summed E-state index contributed by atoms with van der Waals surface area (Å²) in [6.07, 6.45) is 0. The molecule has 13 heavy (non-hydrogen) atoms. The summed E-state index contributed by atoms with van der Waals surface area (Å²) in [6, 6.07) is -0.155. The van der Waals surface area contributed by atoms with E-state index >= 15 is 0 Å². The first-order valence-corrected chi connectivity index (χ1v) is 4.79. The van der Waals surface area contributed by atoms with E-state index in [0.717, 1.165) is 6.54 Å². The fraction of sp³-hybridized carbons (Fsp3) is 0.889. The van der Waals surface area contributed by atoms with Crippen LogP contribution in [-0.4, -0.2) is 48.2 Å². The number of likely N-dealkylation sites (N-methyl/N-ethyl adjacent to an activating group) is 2. The Hall–Kier alpha value is -0.610. The fourth-order valence-electron chi connectivity index (χ4n) is 1.24. The largest absolute Gasteiger partial charge is 0.395 e. The molecule has 0 saturated carbocycles. The lowest BCUT2D eigenvalue weighted by Gasteiger charge is -2.25. The van der Waals surface area contributed by atoms with Crippen molar-refractivity contribution >= 4 is 5.91 Å². The summed E-state index contributed by atoms with van der Waals surface area (Å²) in [4.78, 5) is 13.3. The lowest BCUT2D eigenvalue weighted by Crippen LogP contribution is -2.46. The average molecular weight is 188 g/mol. The van der Waals surface area contributed by atoms with Crippen molar-refractivity contribution in [3.63, 3.8) is 0 Å². The molecule has 0 aromatic heterocycles. The molecule has 1 unspecified atom stereocenters. The maximum Gasteiger partial charge on any atom is 0.237 e. The number of carbonyl (C=O) groups excluding carboxylic acids is 1. The van der Waals surface area contributed by atoms with Gasteiger partial charge in [0.2, 0.25) is 5.91 Å². The Balaban J connectivity index is 4.02. The predicted molar refractivity (Wildman–Crippen MR) is 52.5 cm³/mol. The van der Waals surface area contributed by atoms with E-state index in [4.69, 9.17) is 5.11 Å². The Bertz CT molecular complexity index is 151. The van der Waals surface area contributed by atoms with Crippen LogP contribution >= 0.6 is 0 Å². The summed E-state index contributed by atoms with van der Waals surface area (Å²) in [7, 11) is 0. The SMILES string of the molecule is CCNC(=O)C(C)N(CC)CCO. The normalized spacial score (nSPS) is 13.0. The zero-order chi connectivity index (χ0) is 10.3. The van der Waals surface area contributed by atoms with E-state index < -0.39 is 0 Å². The average Bonchev–Trinajstić information content (AvgIpc) is 2.13. The molecule has 0 aromatic carbocycles. The van der Waals surface area contributed by atoms with Gasteiger partial charge in [0.15, 0.2) is 0 Å². The van der Waals surface area contributed by atoms with E-state index in [-0.39, 0.29) is 18.6 Å². The highest BCUT2D eigenvalue weighted by molar-refractivity contribution is 5.81. The summed E-state index contributed by atoms with van der Waals surface area (Å²) in [6.45, 7) is 7.80. The summed E-state index contributed by atoms with van der Waals surface area (Å²) >= 11 is 0. The Morgan fingerprint density at radius 2 is 2.15 bits per heavy atom. The highest BCUT2D eigenvalue weighted by Gasteiger charge is 2.18. The van der Waals surface area contributed by atoms with Crippen molar-refractivity contribution in [2.75, 3.05) is 26.2 Å². The second kappa shape index (κ2) is 6.86. The van der Waals surface area contributed by atoms with Crippen LogP contribution in [0.1, 0.15) is 20.8 Å². The molecule has 0 aromatic rings. The van der Waals surface area contributed by atoms with Gasteiger partial charge in [-0.2, -0.15) is 0 Å². The third-order valence-corrected chi connectivity index (χ3v) is 2.07. The minimum Gasteiger partial charge on any atom is -0.395 e. The van der Waals surface area contributed by atoms with Gasteiger partial charge >= 0.3 is 0 Å². The smallest absolute Gasteiger partial charge is 0.237 e. The van der Waals surface area contributed by atoms with Crippen molar-refractivity contribution in [1.82, 2.24) is 10.2 Å². The summed E-state index contributed by atoms with van der Waals surface area (Å²) in [5.41, 5.74) is 0. The van der Waals surface area contributed by atoms with Gasteiger partial charge in [0.1, 0.15) is 0 Å². The molecule has 0 saturated heterocycles. The van der Waals surface area contributed by atoms with Gasteiger partial charge in [0.25, 0.3) is 0 Å². The maximum atomic E-state index is 11.4. The van der Waals surface area contributed by atoms with E-state index in [2.05, 4.69) is 5.32 Å². The van der Waals surface area contributed by atoms with E-state index in [1.165, 1.54) is 0 Å². The zero-order valence-corrected chi connectivity index (χ0v) is 8.71. The van der Waals surface area contributed by atoms with Crippen molar-refractivity contribution in [2.24, 2.45) is 0 Å². The summed E-state index contributed by atoms with van der Waals surface area (Å²) in [5.74, 6) is 0.0257. The number of hydrogen-bond acceptors (Lipinski definition) is 3. The van der Waals surface area contributed by atoms with Crippen LogP contribution in [0, 0.1) is 0 Å². The number of rotatable bonds is 6. The Morgan fingerprint density at radius 3 is 2.54 bits per heavy atom. The Labute approximate surface area is 79.9 Å². The first-order valence-electron chi connectivity index (χ1n) is 4.79. The van der Waals surface area contributed by atoms with Crippen molar-refractivity contribution in [3.05, 3.63) is 0 Å². The van der Waals surface area contributed by atoms with Crippen molar-refractivity contribution < 1.29 is 9.90 Å². The minimum atomic E-state index is -0.155. The van der Waals surface area contributed by atoms with Crippen molar-refractivity contribution in [1.29, 1.82) is 0 Å². The standard InChI is InChI=1S/C9H20N2O2/c1-4-10-9(13)8(3)11(5-2)6-7-12/h8,12H,4-7H2,1-3H3,(H,10,13). The van der Waals surface area contributed by atoms with Crippen LogP contribution in [0.25, 0.3) is 0 Å². The van der Waals surface area contributed by atoms with Gasteiger partial charge in [0, 0.05) is 13.1 Å². The third-order valence-electron chi connectivity index (χ3n) is 2.07. The molecule has 0 aliphatic carbocycles. The van der Waals surface area contributed by atoms with E-state index in [0.29, 0.717) is 13.1 Å². The number of aliphatic hydroxyl groups excluding tert-OH is 1. The van der Waals surface area contributed by atoms with Crippen LogP contribution < -0.4 is 5.32 Å². The lowest BCUT2D eigenvalue weighted by molar-refractivity contribution is -0.125. The number of hydrogen-bond donors (Lipinski definition) is 2. The number of nitrogens with zero attached hydrogens (tertiary/aromatic N) is 1. The molecule has 1 amide bonds. The molecule has 4 nitrogen and oxygen atoms in total. The number of amides is 1. The molecule has 0 aliphatic rings. The van der Waals surface area contributed by atoms with E-state index in [9.17, 15) is 4.79 Å².